The van der Waals surface area contributed by atoms with Gasteiger partial charge in [-0.15, -0.1) is 0 Å². The normalized spacial score (nSPS) is 11.2. The van der Waals surface area contributed by atoms with Crippen molar-refractivity contribution in [2.24, 2.45) is 5.10 Å². The number of imidazole rings is 1. The topological polar surface area (TPSA) is 55.1 Å². The summed E-state index contributed by atoms with van der Waals surface area (Å²) < 4.78 is 1.95. The smallest absolute Gasteiger partial charge is 0.0991 e. The van der Waals surface area contributed by atoms with Gasteiger partial charge in [-0.3, -0.25) is 10.4 Å². The number of fused-ring (bicyclic) bond motifs is 1. The summed E-state index contributed by atoms with van der Waals surface area (Å²) in [5.74, 6) is 0. The number of hydrogen-bond donors (Lipinski definition) is 1. The number of benzene rings is 2. The molecule has 0 bridgehead atoms. The van der Waals surface area contributed by atoms with Crippen LogP contribution in [0.5, 0.6) is 0 Å². The van der Waals surface area contributed by atoms with Gasteiger partial charge in [0, 0.05) is 34.7 Å². The van der Waals surface area contributed by atoms with Crippen LogP contribution in [0.3, 0.4) is 0 Å². The molecule has 0 aliphatic carbocycles. The molecule has 6 heteroatoms. The van der Waals surface area contributed by atoms with Crippen molar-refractivity contribution < 1.29 is 0 Å². The number of hydrogen-bond acceptors (Lipinski definition) is 4. The molecule has 4 aromatic rings. The maximum absolute atomic E-state index is 6.01. The Morgan fingerprint density at radius 2 is 1.92 bits per heavy atom. The quantitative estimate of drug-likeness (QED) is 0.436. The summed E-state index contributed by atoms with van der Waals surface area (Å²) in [6.07, 6.45) is 8.94. The van der Waals surface area contributed by atoms with E-state index in [1.54, 1.807) is 24.9 Å². The Morgan fingerprint density at radius 3 is 2.72 bits per heavy atom. The Hall–Kier alpha value is -3.18. The van der Waals surface area contributed by atoms with E-state index in [2.05, 4.69) is 20.5 Å². The molecule has 0 aliphatic rings. The van der Waals surface area contributed by atoms with Crippen LogP contribution in [0.2, 0.25) is 5.02 Å². The monoisotopic (exact) mass is 347 g/mol. The molecule has 2 aromatic carbocycles. The lowest BCUT2D eigenvalue weighted by Gasteiger charge is -2.05. The van der Waals surface area contributed by atoms with Crippen LogP contribution in [-0.4, -0.2) is 20.7 Å². The molecule has 2 aromatic heterocycles. The number of pyridine rings is 1. The Morgan fingerprint density at radius 1 is 1.04 bits per heavy atom. The summed E-state index contributed by atoms with van der Waals surface area (Å²) in [6, 6.07) is 15.5. The Balaban J connectivity index is 1.51. The summed E-state index contributed by atoms with van der Waals surface area (Å²) in [5, 5.41) is 5.96. The second-order valence-electron chi connectivity index (χ2n) is 5.45. The van der Waals surface area contributed by atoms with E-state index in [1.165, 1.54) is 0 Å². The molecule has 122 valence electrons. The molecule has 0 spiro atoms. The van der Waals surface area contributed by atoms with Gasteiger partial charge in [-0.1, -0.05) is 23.7 Å². The number of aromatic nitrogens is 3. The van der Waals surface area contributed by atoms with Crippen LogP contribution in [-0.2, 0) is 0 Å². The fourth-order valence-electron chi connectivity index (χ4n) is 2.54. The first-order chi connectivity index (χ1) is 12.3. The molecule has 1 N–H and O–H groups in total. The van der Waals surface area contributed by atoms with Crippen LogP contribution in [0.4, 0.5) is 5.69 Å². The molecular formula is C19H14ClN5. The minimum Gasteiger partial charge on any atom is -0.306 e. The zero-order valence-corrected chi connectivity index (χ0v) is 13.9. The molecule has 2 heterocycles. The van der Waals surface area contributed by atoms with Crippen LogP contribution in [0.1, 0.15) is 5.56 Å². The van der Waals surface area contributed by atoms with Gasteiger partial charge in [0.15, 0.2) is 0 Å². The van der Waals surface area contributed by atoms with Gasteiger partial charge in [-0.2, -0.15) is 5.10 Å². The lowest BCUT2D eigenvalue weighted by Crippen LogP contribution is -1.94. The SMILES string of the molecule is Clc1ccc2c(N/N=C/c3ccc(-n4ccnc4)cc3)ccnc2c1. The molecule has 5 nitrogen and oxygen atoms in total. The molecule has 0 unspecified atom stereocenters. The van der Waals surface area contributed by atoms with E-state index in [-0.39, 0.29) is 0 Å². The van der Waals surface area contributed by atoms with Crippen molar-refractivity contribution in [1.82, 2.24) is 14.5 Å². The van der Waals surface area contributed by atoms with Crippen LogP contribution in [0.25, 0.3) is 16.6 Å². The maximum Gasteiger partial charge on any atom is 0.0991 e. The first-order valence-electron chi connectivity index (χ1n) is 7.71. The highest BCUT2D eigenvalue weighted by Crippen LogP contribution is 2.24. The van der Waals surface area contributed by atoms with Crippen LogP contribution in [0.15, 0.2) is 78.6 Å². The summed E-state index contributed by atoms with van der Waals surface area (Å²) >= 11 is 6.01. The highest BCUT2D eigenvalue weighted by Gasteiger charge is 2.01. The highest BCUT2D eigenvalue weighted by atomic mass is 35.5. The second kappa shape index (κ2) is 6.75. The first kappa shape index (κ1) is 15.4. The van der Waals surface area contributed by atoms with Crippen molar-refractivity contribution in [1.29, 1.82) is 0 Å². The molecular weight excluding hydrogens is 334 g/mol. The second-order valence-corrected chi connectivity index (χ2v) is 5.89. The van der Waals surface area contributed by atoms with Gasteiger partial charge in [0.05, 0.1) is 23.7 Å². The number of anilines is 1. The molecule has 4 rings (SSSR count). The Bertz CT molecular complexity index is 1020. The van der Waals surface area contributed by atoms with Gasteiger partial charge >= 0.3 is 0 Å². The van der Waals surface area contributed by atoms with Crippen molar-refractivity contribution in [3.63, 3.8) is 0 Å². The summed E-state index contributed by atoms with van der Waals surface area (Å²) in [4.78, 5) is 8.37. The van der Waals surface area contributed by atoms with Gasteiger partial charge in [0.2, 0.25) is 0 Å². The van der Waals surface area contributed by atoms with E-state index in [1.807, 2.05) is 59.3 Å². The number of nitrogens with zero attached hydrogens (tertiary/aromatic N) is 4. The average molecular weight is 348 g/mol. The lowest BCUT2D eigenvalue weighted by atomic mass is 10.2. The Labute approximate surface area is 149 Å². The van der Waals surface area contributed by atoms with Crippen molar-refractivity contribution in [3.8, 4) is 5.69 Å². The fraction of sp³-hybridized carbons (Fsp3) is 0. The van der Waals surface area contributed by atoms with Crippen molar-refractivity contribution in [2.45, 2.75) is 0 Å². The van der Waals surface area contributed by atoms with E-state index < -0.39 is 0 Å². The number of hydrazone groups is 1. The zero-order chi connectivity index (χ0) is 17.1. The molecule has 0 radical (unpaired) electrons. The Kier molecular flexibility index (Phi) is 4.14. The largest absolute Gasteiger partial charge is 0.306 e. The molecule has 0 saturated heterocycles. The van der Waals surface area contributed by atoms with Gasteiger partial charge in [-0.05, 0) is 42.0 Å². The molecule has 0 atom stereocenters. The van der Waals surface area contributed by atoms with Crippen molar-refractivity contribution in [2.75, 3.05) is 5.43 Å². The van der Waals surface area contributed by atoms with Gasteiger partial charge < -0.3 is 4.57 Å². The fourth-order valence-corrected chi connectivity index (χ4v) is 2.71. The van der Waals surface area contributed by atoms with Crippen LogP contribution >= 0.6 is 11.6 Å². The molecule has 25 heavy (non-hydrogen) atoms. The van der Waals surface area contributed by atoms with E-state index in [4.69, 9.17) is 11.6 Å². The predicted octanol–water partition coefficient (Wildman–Crippen LogP) is 4.52. The molecule has 0 aliphatic heterocycles. The molecule has 0 fully saturated rings. The van der Waals surface area contributed by atoms with Crippen molar-refractivity contribution in [3.05, 3.63) is 84.0 Å². The van der Waals surface area contributed by atoms with E-state index in [9.17, 15) is 0 Å². The van der Waals surface area contributed by atoms with Crippen LogP contribution < -0.4 is 5.43 Å². The van der Waals surface area contributed by atoms with E-state index in [0.717, 1.165) is 27.8 Å². The number of halogens is 1. The standard InChI is InChI=1S/C19H14ClN5/c20-15-3-6-17-18(7-8-22-19(17)11-15)24-23-12-14-1-4-16(5-2-14)25-10-9-21-13-25/h1-13H,(H,22,24)/b23-12+. The van der Waals surface area contributed by atoms with E-state index >= 15 is 0 Å². The lowest BCUT2D eigenvalue weighted by molar-refractivity contribution is 1.06. The third-order valence-electron chi connectivity index (χ3n) is 3.80. The van der Waals surface area contributed by atoms with Gasteiger partial charge in [0.25, 0.3) is 0 Å². The summed E-state index contributed by atoms with van der Waals surface area (Å²) in [6.45, 7) is 0. The first-order valence-corrected chi connectivity index (χ1v) is 8.09. The third-order valence-corrected chi connectivity index (χ3v) is 4.03. The minimum absolute atomic E-state index is 0.665. The summed E-state index contributed by atoms with van der Waals surface area (Å²) in [7, 11) is 0. The number of rotatable bonds is 4. The highest BCUT2D eigenvalue weighted by molar-refractivity contribution is 6.31. The number of nitrogens with one attached hydrogen (secondary N) is 1. The average Bonchev–Trinajstić information content (AvgIpc) is 3.17. The predicted molar refractivity (Wildman–Crippen MR) is 102 cm³/mol. The van der Waals surface area contributed by atoms with Crippen LogP contribution in [0, 0.1) is 0 Å². The summed E-state index contributed by atoms with van der Waals surface area (Å²) in [5.41, 5.74) is 6.84. The molecule has 0 amide bonds. The minimum atomic E-state index is 0.665. The third kappa shape index (κ3) is 3.36. The molecule has 0 saturated carbocycles. The van der Waals surface area contributed by atoms with E-state index in [0.29, 0.717) is 5.02 Å². The van der Waals surface area contributed by atoms with Gasteiger partial charge in [-0.25, -0.2) is 4.98 Å². The zero-order valence-electron chi connectivity index (χ0n) is 13.2. The van der Waals surface area contributed by atoms with Crippen molar-refractivity contribution >= 4 is 34.4 Å². The maximum atomic E-state index is 6.01. The van der Waals surface area contributed by atoms with Gasteiger partial charge in [0.1, 0.15) is 0 Å².